The molecule has 2 heterocycles. The molecule has 0 aromatic carbocycles. The summed E-state index contributed by atoms with van der Waals surface area (Å²) in [6, 6.07) is 1.45. The third-order valence-corrected chi connectivity index (χ3v) is 4.41. The van der Waals surface area contributed by atoms with Gasteiger partial charge >= 0.3 is 0 Å². The summed E-state index contributed by atoms with van der Waals surface area (Å²) in [6.45, 7) is 2.02. The Balaban J connectivity index is 1.72. The van der Waals surface area contributed by atoms with Crippen LogP contribution in [0.2, 0.25) is 0 Å². The summed E-state index contributed by atoms with van der Waals surface area (Å²) in [5.41, 5.74) is 2.04. The van der Waals surface area contributed by atoms with Gasteiger partial charge in [0.05, 0.1) is 6.54 Å². The molecule has 21 heavy (non-hydrogen) atoms. The number of nitrogens with one attached hydrogen (secondary N) is 1. The minimum atomic E-state index is -0.691. The zero-order valence-corrected chi connectivity index (χ0v) is 11.9. The van der Waals surface area contributed by atoms with E-state index in [9.17, 15) is 9.59 Å². The molecule has 0 unspecified atom stereocenters. The van der Waals surface area contributed by atoms with Crippen LogP contribution in [0, 0.1) is 5.92 Å². The van der Waals surface area contributed by atoms with E-state index in [2.05, 4.69) is 5.10 Å². The van der Waals surface area contributed by atoms with E-state index in [4.69, 9.17) is 5.21 Å². The predicted octanol–water partition coefficient (Wildman–Crippen LogP) is 1.04. The lowest BCUT2D eigenvalue weighted by molar-refractivity contribution is 0.0649. The van der Waals surface area contributed by atoms with Gasteiger partial charge in [-0.1, -0.05) is 19.3 Å². The molecule has 1 aliphatic carbocycles. The van der Waals surface area contributed by atoms with Crippen LogP contribution < -0.4 is 5.48 Å². The fourth-order valence-corrected chi connectivity index (χ4v) is 3.26. The van der Waals surface area contributed by atoms with E-state index in [1.807, 2.05) is 4.90 Å². The normalized spacial score (nSPS) is 19.5. The van der Waals surface area contributed by atoms with Crippen LogP contribution in [-0.4, -0.2) is 44.8 Å². The molecular weight excluding hydrogens is 272 g/mol. The highest BCUT2D eigenvalue weighted by Crippen LogP contribution is 2.25. The summed E-state index contributed by atoms with van der Waals surface area (Å²) < 4.78 is 1.55. The first kappa shape index (κ1) is 14.1. The van der Waals surface area contributed by atoms with Gasteiger partial charge in [-0.3, -0.25) is 19.5 Å². The molecule has 1 aromatic heterocycles. The van der Waals surface area contributed by atoms with E-state index in [1.54, 1.807) is 10.2 Å². The SMILES string of the molecule is O=C(NO)c1cc2n(n1)CCN(CC1CCCCC1)C2=O. The molecule has 3 rings (SSSR count). The number of fused-ring (bicyclic) bond motifs is 1. The van der Waals surface area contributed by atoms with E-state index >= 15 is 0 Å². The van der Waals surface area contributed by atoms with Crippen molar-refractivity contribution in [2.45, 2.75) is 38.6 Å². The van der Waals surface area contributed by atoms with Crippen molar-refractivity contribution in [2.75, 3.05) is 13.1 Å². The van der Waals surface area contributed by atoms with Crippen LogP contribution in [0.3, 0.4) is 0 Å². The van der Waals surface area contributed by atoms with Crippen LogP contribution in [0.15, 0.2) is 6.07 Å². The number of nitrogens with zero attached hydrogens (tertiary/aromatic N) is 3. The Morgan fingerprint density at radius 3 is 2.81 bits per heavy atom. The van der Waals surface area contributed by atoms with E-state index < -0.39 is 5.91 Å². The molecule has 1 aliphatic heterocycles. The number of hydrogen-bond donors (Lipinski definition) is 2. The number of rotatable bonds is 3. The van der Waals surface area contributed by atoms with Crippen LogP contribution in [0.1, 0.15) is 53.1 Å². The van der Waals surface area contributed by atoms with Gasteiger partial charge in [-0.05, 0) is 18.8 Å². The molecule has 0 radical (unpaired) electrons. The summed E-state index contributed by atoms with van der Waals surface area (Å²) in [5.74, 6) is -0.169. The first-order chi connectivity index (χ1) is 10.2. The van der Waals surface area contributed by atoms with Crippen LogP contribution in [0.5, 0.6) is 0 Å². The molecule has 0 spiro atoms. The van der Waals surface area contributed by atoms with Crippen molar-refractivity contribution in [1.82, 2.24) is 20.2 Å². The largest absolute Gasteiger partial charge is 0.335 e. The highest BCUT2D eigenvalue weighted by atomic mass is 16.5. The molecule has 114 valence electrons. The average molecular weight is 292 g/mol. The second-order valence-electron chi connectivity index (χ2n) is 5.83. The van der Waals surface area contributed by atoms with E-state index in [1.165, 1.54) is 38.2 Å². The molecule has 7 heteroatoms. The Hall–Kier alpha value is -1.89. The summed E-state index contributed by atoms with van der Waals surface area (Å²) in [6.07, 6.45) is 6.20. The predicted molar refractivity (Wildman–Crippen MR) is 74.0 cm³/mol. The molecule has 0 atom stereocenters. The van der Waals surface area contributed by atoms with Crippen molar-refractivity contribution in [2.24, 2.45) is 5.92 Å². The van der Waals surface area contributed by atoms with Gasteiger partial charge in [-0.25, -0.2) is 5.48 Å². The summed E-state index contributed by atoms with van der Waals surface area (Å²) >= 11 is 0. The minimum Gasteiger partial charge on any atom is -0.335 e. The van der Waals surface area contributed by atoms with Crippen molar-refractivity contribution in [3.05, 3.63) is 17.5 Å². The number of hydroxylamine groups is 1. The fourth-order valence-electron chi connectivity index (χ4n) is 3.26. The van der Waals surface area contributed by atoms with Gasteiger partial charge in [0.2, 0.25) is 0 Å². The first-order valence-corrected chi connectivity index (χ1v) is 7.50. The lowest BCUT2D eigenvalue weighted by atomic mass is 9.89. The van der Waals surface area contributed by atoms with Crippen LogP contribution >= 0.6 is 0 Å². The van der Waals surface area contributed by atoms with Gasteiger partial charge in [0, 0.05) is 19.2 Å². The van der Waals surface area contributed by atoms with E-state index in [0.29, 0.717) is 24.7 Å². The van der Waals surface area contributed by atoms with Gasteiger partial charge in [-0.2, -0.15) is 5.10 Å². The summed E-state index contributed by atoms with van der Waals surface area (Å²) in [4.78, 5) is 25.7. The third kappa shape index (κ3) is 2.78. The molecule has 2 N–H and O–H groups in total. The molecule has 0 saturated heterocycles. The number of hydrogen-bond acceptors (Lipinski definition) is 4. The van der Waals surface area contributed by atoms with Gasteiger partial charge in [0.1, 0.15) is 5.69 Å². The standard InChI is InChI=1S/C14H20N4O3/c19-13(16-21)11-8-12-14(20)17(6-7-18(12)15-11)9-10-4-2-1-3-5-10/h8,10,21H,1-7,9H2,(H,16,19). The monoisotopic (exact) mass is 292 g/mol. The van der Waals surface area contributed by atoms with Gasteiger partial charge in [0.25, 0.3) is 11.8 Å². The molecular formula is C14H20N4O3. The van der Waals surface area contributed by atoms with Crippen LogP contribution in [0.25, 0.3) is 0 Å². The molecule has 2 aliphatic rings. The fraction of sp³-hybridized carbons (Fsp3) is 0.643. The Morgan fingerprint density at radius 2 is 2.10 bits per heavy atom. The molecule has 1 fully saturated rings. The van der Waals surface area contributed by atoms with E-state index in [0.717, 1.165) is 6.54 Å². The van der Waals surface area contributed by atoms with E-state index in [-0.39, 0.29) is 11.6 Å². The third-order valence-electron chi connectivity index (χ3n) is 4.41. The lowest BCUT2D eigenvalue weighted by Gasteiger charge is -2.32. The maximum Gasteiger partial charge on any atom is 0.295 e. The second-order valence-corrected chi connectivity index (χ2v) is 5.83. The maximum atomic E-state index is 12.5. The zero-order valence-electron chi connectivity index (χ0n) is 11.9. The smallest absolute Gasteiger partial charge is 0.295 e. The number of aromatic nitrogens is 2. The zero-order chi connectivity index (χ0) is 14.8. The second kappa shape index (κ2) is 5.85. The molecule has 2 amide bonds. The number of amides is 2. The molecule has 0 bridgehead atoms. The van der Waals surface area contributed by atoms with Crippen molar-refractivity contribution in [3.63, 3.8) is 0 Å². The average Bonchev–Trinajstić information content (AvgIpc) is 2.95. The highest BCUT2D eigenvalue weighted by Gasteiger charge is 2.29. The Bertz CT molecular complexity index is 548. The molecule has 1 aromatic rings. The summed E-state index contributed by atoms with van der Waals surface area (Å²) in [7, 11) is 0. The summed E-state index contributed by atoms with van der Waals surface area (Å²) in [5, 5.41) is 12.7. The topological polar surface area (TPSA) is 87.5 Å². The molecule has 1 saturated carbocycles. The lowest BCUT2D eigenvalue weighted by Crippen LogP contribution is -2.43. The van der Waals surface area contributed by atoms with Crippen molar-refractivity contribution < 1.29 is 14.8 Å². The quantitative estimate of drug-likeness (QED) is 0.643. The Labute approximate surface area is 122 Å². The Kier molecular flexibility index (Phi) is 3.92. The number of carbonyl (C=O) groups is 2. The van der Waals surface area contributed by atoms with Crippen molar-refractivity contribution in [1.29, 1.82) is 0 Å². The Morgan fingerprint density at radius 1 is 1.33 bits per heavy atom. The first-order valence-electron chi connectivity index (χ1n) is 7.50. The van der Waals surface area contributed by atoms with Crippen LogP contribution in [-0.2, 0) is 6.54 Å². The molecule has 7 nitrogen and oxygen atoms in total. The number of carbonyl (C=O) groups excluding carboxylic acids is 2. The van der Waals surface area contributed by atoms with Crippen molar-refractivity contribution >= 4 is 11.8 Å². The minimum absolute atomic E-state index is 0.0698. The maximum absolute atomic E-state index is 12.5. The van der Waals surface area contributed by atoms with Crippen LogP contribution in [0.4, 0.5) is 0 Å². The van der Waals surface area contributed by atoms with Gasteiger partial charge < -0.3 is 4.90 Å². The van der Waals surface area contributed by atoms with Crippen molar-refractivity contribution in [3.8, 4) is 0 Å². The highest BCUT2D eigenvalue weighted by molar-refractivity contribution is 5.97. The van der Waals surface area contributed by atoms with Gasteiger partial charge in [0.15, 0.2) is 5.69 Å². The van der Waals surface area contributed by atoms with Gasteiger partial charge in [-0.15, -0.1) is 0 Å².